The second-order valence-corrected chi connectivity index (χ2v) is 7.06. The normalized spacial score (nSPS) is 26.3. The molecule has 1 saturated heterocycles. The van der Waals surface area contributed by atoms with Crippen molar-refractivity contribution in [1.82, 2.24) is 0 Å². The molecule has 2 aromatic carbocycles. The summed E-state index contributed by atoms with van der Waals surface area (Å²) < 4.78 is 10.8. The van der Waals surface area contributed by atoms with Gasteiger partial charge in [0.05, 0.1) is 6.61 Å². The van der Waals surface area contributed by atoms with Gasteiger partial charge in [0.25, 0.3) is 0 Å². The number of aryl methyl sites for hydroxylation is 1. The van der Waals surface area contributed by atoms with Crippen LogP contribution < -0.4 is 4.74 Å². The summed E-state index contributed by atoms with van der Waals surface area (Å²) in [6.45, 7) is -0.654. The van der Waals surface area contributed by atoms with Crippen LogP contribution in [0, 0.1) is 0 Å². The van der Waals surface area contributed by atoms with E-state index in [2.05, 4.69) is 0 Å². The van der Waals surface area contributed by atoms with E-state index in [-0.39, 0.29) is 17.7 Å². The zero-order valence-corrected chi connectivity index (χ0v) is 16.0. The molecule has 3 rings (SSSR count). The Kier molecular flexibility index (Phi) is 6.91. The minimum Gasteiger partial charge on any atom is -0.508 e. The predicted octanol–water partition coefficient (Wildman–Crippen LogP) is 0.0920. The van der Waals surface area contributed by atoms with E-state index in [0.29, 0.717) is 6.42 Å². The smallest absolute Gasteiger partial charge is 0.229 e. The molecule has 1 fully saturated rings. The van der Waals surface area contributed by atoms with Gasteiger partial charge in [-0.3, -0.25) is 4.79 Å². The largest absolute Gasteiger partial charge is 0.508 e. The third kappa shape index (κ3) is 4.72. The Labute approximate surface area is 172 Å². The molecular weight excluding hydrogens is 396 g/mol. The number of aliphatic hydroxyl groups excluding tert-OH is 4. The minimum atomic E-state index is -1.71. The molecule has 9 heteroatoms. The van der Waals surface area contributed by atoms with Gasteiger partial charge in [-0.05, 0) is 12.0 Å². The van der Waals surface area contributed by atoms with Crippen LogP contribution in [0.1, 0.15) is 22.3 Å². The molecule has 0 aliphatic carbocycles. The summed E-state index contributed by atoms with van der Waals surface area (Å²) in [4.78, 5) is 12.8. The summed E-state index contributed by atoms with van der Waals surface area (Å²) in [5, 5.41) is 59.3. The summed E-state index contributed by atoms with van der Waals surface area (Å²) >= 11 is 0. The Morgan fingerprint density at radius 3 is 2.37 bits per heavy atom. The van der Waals surface area contributed by atoms with Crippen molar-refractivity contribution in [3.05, 3.63) is 53.6 Å². The second kappa shape index (κ2) is 9.41. The number of aliphatic hydroxyl groups is 4. The van der Waals surface area contributed by atoms with Crippen molar-refractivity contribution < 1.29 is 44.9 Å². The molecule has 30 heavy (non-hydrogen) atoms. The van der Waals surface area contributed by atoms with Crippen LogP contribution in [0.2, 0.25) is 0 Å². The number of ketones is 1. The molecule has 0 spiro atoms. The van der Waals surface area contributed by atoms with Crippen LogP contribution in [-0.2, 0) is 11.2 Å². The van der Waals surface area contributed by atoms with E-state index < -0.39 is 54.6 Å². The van der Waals surface area contributed by atoms with Crippen LogP contribution >= 0.6 is 0 Å². The number of carbonyl (C=O) groups excluding carboxylic acids is 1. The van der Waals surface area contributed by atoms with E-state index in [4.69, 9.17) is 9.47 Å². The van der Waals surface area contributed by atoms with Crippen molar-refractivity contribution >= 4 is 5.78 Å². The first-order valence-electron chi connectivity index (χ1n) is 9.42. The number of hydrogen-bond acceptors (Lipinski definition) is 9. The fourth-order valence-corrected chi connectivity index (χ4v) is 3.28. The van der Waals surface area contributed by atoms with E-state index in [1.165, 1.54) is 0 Å². The van der Waals surface area contributed by atoms with Crippen LogP contribution in [0.3, 0.4) is 0 Å². The van der Waals surface area contributed by atoms with Crippen LogP contribution in [0.5, 0.6) is 17.2 Å². The standard InChI is InChI=1S/C21H24O9/c22-10-16-18(26)19(27)20(28)21(30-16)29-15-9-12(23)8-14(25)17(15)13(24)7-6-11-4-2-1-3-5-11/h1-5,8-9,16,18-23,25-28H,6-7,10H2/t16-,18+,19-,20-,21-/m1/s1. The van der Waals surface area contributed by atoms with Gasteiger partial charge in [0.15, 0.2) is 5.78 Å². The number of benzene rings is 2. The maximum absolute atomic E-state index is 12.8. The number of ether oxygens (including phenoxy) is 2. The number of Topliss-reactive ketones (excluding diaryl/α,β-unsaturated/α-hetero) is 1. The first-order chi connectivity index (χ1) is 14.3. The van der Waals surface area contributed by atoms with Gasteiger partial charge in [-0.1, -0.05) is 30.3 Å². The lowest BCUT2D eigenvalue weighted by Crippen LogP contribution is -2.60. The number of carbonyl (C=O) groups is 1. The van der Waals surface area contributed by atoms with E-state index in [1.54, 1.807) is 0 Å². The summed E-state index contributed by atoms with van der Waals surface area (Å²) in [5.74, 6) is -1.66. The maximum Gasteiger partial charge on any atom is 0.229 e. The predicted molar refractivity (Wildman–Crippen MR) is 103 cm³/mol. The monoisotopic (exact) mass is 420 g/mol. The van der Waals surface area contributed by atoms with E-state index in [1.807, 2.05) is 30.3 Å². The Morgan fingerprint density at radius 1 is 1.00 bits per heavy atom. The molecule has 9 nitrogen and oxygen atoms in total. The molecule has 0 amide bonds. The molecule has 1 heterocycles. The quantitative estimate of drug-likeness (QED) is 0.342. The molecule has 0 saturated carbocycles. The van der Waals surface area contributed by atoms with Crippen molar-refractivity contribution in [1.29, 1.82) is 0 Å². The number of phenols is 2. The van der Waals surface area contributed by atoms with Crippen molar-refractivity contribution in [3.8, 4) is 17.2 Å². The summed E-state index contributed by atoms with van der Waals surface area (Å²) in [6.07, 6.45) is -7.30. The molecule has 2 aromatic rings. The van der Waals surface area contributed by atoms with Gasteiger partial charge in [-0.2, -0.15) is 0 Å². The topological polar surface area (TPSA) is 157 Å². The highest BCUT2D eigenvalue weighted by atomic mass is 16.7. The maximum atomic E-state index is 12.8. The van der Waals surface area contributed by atoms with Gasteiger partial charge in [0.2, 0.25) is 6.29 Å². The Bertz CT molecular complexity index is 868. The minimum absolute atomic E-state index is 0.0351. The molecule has 0 radical (unpaired) electrons. The second-order valence-electron chi connectivity index (χ2n) is 7.06. The van der Waals surface area contributed by atoms with Gasteiger partial charge in [-0.15, -0.1) is 0 Å². The molecule has 0 bridgehead atoms. The van der Waals surface area contributed by atoms with Gasteiger partial charge in [0, 0.05) is 18.6 Å². The SMILES string of the molecule is O=C(CCc1ccccc1)c1c(O)cc(O)cc1O[C@@H]1O[C@H](CO)[C@H](O)[C@@H](O)[C@H]1O. The van der Waals surface area contributed by atoms with Gasteiger partial charge in [0.1, 0.15) is 47.2 Å². The molecule has 6 N–H and O–H groups in total. The fourth-order valence-electron chi connectivity index (χ4n) is 3.28. The average molecular weight is 420 g/mol. The van der Waals surface area contributed by atoms with E-state index in [9.17, 15) is 35.4 Å². The van der Waals surface area contributed by atoms with Crippen molar-refractivity contribution in [2.45, 2.75) is 43.5 Å². The van der Waals surface area contributed by atoms with Gasteiger partial charge < -0.3 is 40.1 Å². The Hall–Kier alpha value is -2.69. The van der Waals surface area contributed by atoms with Crippen LogP contribution in [0.15, 0.2) is 42.5 Å². The van der Waals surface area contributed by atoms with E-state index >= 15 is 0 Å². The highest BCUT2D eigenvalue weighted by Crippen LogP contribution is 2.36. The highest BCUT2D eigenvalue weighted by Gasteiger charge is 2.45. The van der Waals surface area contributed by atoms with Crippen LogP contribution in [0.25, 0.3) is 0 Å². The first-order valence-corrected chi connectivity index (χ1v) is 9.42. The average Bonchev–Trinajstić information content (AvgIpc) is 2.72. The van der Waals surface area contributed by atoms with Gasteiger partial charge in [-0.25, -0.2) is 0 Å². The molecule has 1 aliphatic rings. The summed E-state index contributed by atoms with van der Waals surface area (Å²) in [7, 11) is 0. The molecule has 0 aromatic heterocycles. The lowest BCUT2D eigenvalue weighted by molar-refractivity contribution is -0.277. The van der Waals surface area contributed by atoms with Crippen molar-refractivity contribution in [2.75, 3.05) is 6.61 Å². The fraction of sp³-hybridized carbons (Fsp3) is 0.381. The zero-order chi connectivity index (χ0) is 21.8. The lowest BCUT2D eigenvalue weighted by Gasteiger charge is -2.39. The first kappa shape index (κ1) is 22.0. The molecule has 5 atom stereocenters. The summed E-state index contributed by atoms with van der Waals surface area (Å²) in [6, 6.07) is 11.3. The van der Waals surface area contributed by atoms with Crippen molar-refractivity contribution in [3.63, 3.8) is 0 Å². The molecule has 0 unspecified atom stereocenters. The zero-order valence-electron chi connectivity index (χ0n) is 16.0. The third-order valence-corrected chi connectivity index (χ3v) is 4.92. The molecule has 162 valence electrons. The number of rotatable bonds is 7. The van der Waals surface area contributed by atoms with Crippen LogP contribution in [-0.4, -0.2) is 73.7 Å². The third-order valence-electron chi connectivity index (χ3n) is 4.92. The Balaban J connectivity index is 1.83. The van der Waals surface area contributed by atoms with Crippen molar-refractivity contribution in [2.24, 2.45) is 0 Å². The Morgan fingerprint density at radius 2 is 1.70 bits per heavy atom. The van der Waals surface area contributed by atoms with Crippen LogP contribution in [0.4, 0.5) is 0 Å². The van der Waals surface area contributed by atoms with Gasteiger partial charge >= 0.3 is 0 Å². The lowest BCUT2D eigenvalue weighted by atomic mass is 9.99. The summed E-state index contributed by atoms with van der Waals surface area (Å²) in [5.41, 5.74) is 0.696. The number of hydrogen-bond donors (Lipinski definition) is 6. The molecule has 1 aliphatic heterocycles. The highest BCUT2D eigenvalue weighted by molar-refractivity contribution is 6.01. The number of phenolic OH excluding ortho intramolecular Hbond substituents is 2. The molecular formula is C21H24O9. The van der Waals surface area contributed by atoms with E-state index in [0.717, 1.165) is 17.7 Å². The number of aromatic hydroxyl groups is 2.